The molecule has 1 aliphatic carbocycles. The number of nitrogens with two attached hydrogens (primary N) is 1. The van der Waals surface area contributed by atoms with Crippen LogP contribution in [0.5, 0.6) is 5.75 Å². The topological polar surface area (TPSA) is 35.2 Å². The predicted octanol–water partition coefficient (Wildman–Crippen LogP) is 2.52. The zero-order valence-electron chi connectivity index (χ0n) is 8.61. The molecule has 2 N–H and O–H groups in total. The molecule has 2 nitrogen and oxygen atoms in total. The summed E-state index contributed by atoms with van der Waals surface area (Å²) in [6, 6.07) is 9.87. The molecule has 3 heteroatoms. The van der Waals surface area contributed by atoms with Gasteiger partial charge in [0.1, 0.15) is 5.75 Å². The first-order chi connectivity index (χ1) is 7.20. The van der Waals surface area contributed by atoms with Gasteiger partial charge < -0.3 is 10.5 Å². The Morgan fingerprint density at radius 3 is 2.53 bits per heavy atom. The van der Waals surface area contributed by atoms with E-state index in [1.165, 1.54) is 12.8 Å². The fraction of sp³-hybridized carbons (Fsp3) is 0.417. The van der Waals surface area contributed by atoms with Gasteiger partial charge >= 0.3 is 0 Å². The van der Waals surface area contributed by atoms with Crippen molar-refractivity contribution >= 4 is 17.2 Å². The molecule has 0 atom stereocenters. The van der Waals surface area contributed by atoms with Crippen LogP contribution in [0, 0.1) is 5.41 Å². The van der Waals surface area contributed by atoms with Crippen LogP contribution in [0.4, 0.5) is 0 Å². The Bertz CT molecular complexity index is 346. The number of benzene rings is 1. The van der Waals surface area contributed by atoms with Crippen molar-refractivity contribution < 1.29 is 4.74 Å². The molecule has 0 bridgehead atoms. The van der Waals surface area contributed by atoms with Gasteiger partial charge in [0.2, 0.25) is 0 Å². The van der Waals surface area contributed by atoms with Gasteiger partial charge in [-0.05, 0) is 25.0 Å². The highest BCUT2D eigenvalue weighted by atomic mass is 32.1. The van der Waals surface area contributed by atoms with E-state index in [1.54, 1.807) is 0 Å². The third-order valence-electron chi connectivity index (χ3n) is 2.79. The predicted molar refractivity (Wildman–Crippen MR) is 65.0 cm³/mol. The van der Waals surface area contributed by atoms with Crippen LogP contribution in [0.3, 0.4) is 0 Å². The number of hydrogen-bond acceptors (Lipinski definition) is 2. The third-order valence-corrected chi connectivity index (χ3v) is 2.94. The van der Waals surface area contributed by atoms with E-state index in [4.69, 9.17) is 22.7 Å². The van der Waals surface area contributed by atoms with E-state index in [0.29, 0.717) is 4.99 Å². The van der Waals surface area contributed by atoms with Crippen LogP contribution in [0.25, 0.3) is 0 Å². The summed E-state index contributed by atoms with van der Waals surface area (Å²) in [5.74, 6) is 0.923. The highest BCUT2D eigenvalue weighted by molar-refractivity contribution is 7.80. The first-order valence-corrected chi connectivity index (χ1v) is 5.57. The Hall–Kier alpha value is -1.09. The summed E-state index contributed by atoms with van der Waals surface area (Å²) in [5, 5.41) is 0. The fourth-order valence-electron chi connectivity index (χ4n) is 1.67. The fourth-order valence-corrected chi connectivity index (χ4v) is 1.98. The Balaban J connectivity index is 1.86. The largest absolute Gasteiger partial charge is 0.493 e. The maximum Gasteiger partial charge on any atom is 0.119 e. The number of para-hydroxylation sites is 1. The molecule has 1 fully saturated rings. The minimum atomic E-state index is 0.238. The molecule has 80 valence electrons. The van der Waals surface area contributed by atoms with E-state index >= 15 is 0 Å². The van der Waals surface area contributed by atoms with Gasteiger partial charge in [-0.3, -0.25) is 0 Å². The summed E-state index contributed by atoms with van der Waals surface area (Å²) in [4.78, 5) is 0.601. The second-order valence-corrected chi connectivity index (χ2v) is 4.77. The van der Waals surface area contributed by atoms with Gasteiger partial charge in [-0.15, -0.1) is 0 Å². The van der Waals surface area contributed by atoms with E-state index in [2.05, 4.69) is 0 Å². The number of rotatable bonds is 5. The second kappa shape index (κ2) is 4.19. The Morgan fingerprint density at radius 2 is 2.00 bits per heavy atom. The molecule has 0 saturated heterocycles. The van der Waals surface area contributed by atoms with E-state index in [9.17, 15) is 0 Å². The maximum absolute atomic E-state index is 5.72. The molecule has 0 heterocycles. The molecule has 1 aliphatic rings. The van der Waals surface area contributed by atoms with Gasteiger partial charge in [0.15, 0.2) is 0 Å². The van der Waals surface area contributed by atoms with Gasteiger partial charge in [0.25, 0.3) is 0 Å². The quantitative estimate of drug-likeness (QED) is 0.776. The van der Waals surface area contributed by atoms with Gasteiger partial charge in [0.05, 0.1) is 11.6 Å². The molecule has 1 aromatic rings. The summed E-state index contributed by atoms with van der Waals surface area (Å²) < 4.78 is 5.72. The van der Waals surface area contributed by atoms with E-state index in [-0.39, 0.29) is 5.41 Å². The smallest absolute Gasteiger partial charge is 0.119 e. The lowest BCUT2D eigenvalue weighted by Gasteiger charge is -2.15. The summed E-state index contributed by atoms with van der Waals surface area (Å²) >= 11 is 4.94. The van der Waals surface area contributed by atoms with Crippen molar-refractivity contribution in [2.24, 2.45) is 11.1 Å². The lowest BCUT2D eigenvalue weighted by molar-refractivity contribution is 0.239. The van der Waals surface area contributed by atoms with Crippen LogP contribution in [-0.4, -0.2) is 11.6 Å². The van der Waals surface area contributed by atoms with Crippen molar-refractivity contribution in [2.45, 2.75) is 19.3 Å². The van der Waals surface area contributed by atoms with Gasteiger partial charge in [-0.25, -0.2) is 0 Å². The highest BCUT2D eigenvalue weighted by Crippen LogP contribution is 2.48. The monoisotopic (exact) mass is 221 g/mol. The lowest BCUT2D eigenvalue weighted by atomic mass is 10.0. The summed E-state index contributed by atoms with van der Waals surface area (Å²) in [5.41, 5.74) is 5.80. The van der Waals surface area contributed by atoms with Crippen LogP contribution < -0.4 is 10.5 Å². The molecule has 0 radical (unpaired) electrons. The molecule has 0 aliphatic heterocycles. The van der Waals surface area contributed by atoms with Crippen LogP contribution in [0.1, 0.15) is 19.3 Å². The molecule has 1 aromatic carbocycles. The SMILES string of the molecule is NC(=S)CC1(COc2ccccc2)CC1. The summed E-state index contributed by atoms with van der Waals surface area (Å²) in [6.45, 7) is 0.731. The zero-order valence-corrected chi connectivity index (χ0v) is 9.43. The van der Waals surface area contributed by atoms with Crippen LogP contribution in [-0.2, 0) is 0 Å². The van der Waals surface area contributed by atoms with Crippen molar-refractivity contribution in [1.29, 1.82) is 0 Å². The minimum Gasteiger partial charge on any atom is -0.493 e. The molecule has 1 saturated carbocycles. The Labute approximate surface area is 95.4 Å². The lowest BCUT2D eigenvalue weighted by Crippen LogP contribution is -2.20. The minimum absolute atomic E-state index is 0.238. The summed E-state index contributed by atoms with van der Waals surface area (Å²) in [7, 11) is 0. The average Bonchev–Trinajstić information content (AvgIpc) is 2.96. The average molecular weight is 221 g/mol. The van der Waals surface area contributed by atoms with Gasteiger partial charge in [-0.1, -0.05) is 30.4 Å². The second-order valence-electron chi connectivity index (χ2n) is 4.24. The number of ether oxygens (including phenoxy) is 1. The maximum atomic E-state index is 5.72. The normalized spacial score (nSPS) is 17.1. The van der Waals surface area contributed by atoms with Crippen molar-refractivity contribution in [1.82, 2.24) is 0 Å². The van der Waals surface area contributed by atoms with E-state index in [0.717, 1.165) is 18.8 Å². The molecule has 0 amide bonds. The summed E-state index contributed by atoms with van der Waals surface area (Å²) in [6.07, 6.45) is 3.17. The van der Waals surface area contributed by atoms with Crippen LogP contribution in [0.15, 0.2) is 30.3 Å². The van der Waals surface area contributed by atoms with E-state index < -0.39 is 0 Å². The van der Waals surface area contributed by atoms with Crippen LogP contribution >= 0.6 is 12.2 Å². The van der Waals surface area contributed by atoms with Crippen LogP contribution in [0.2, 0.25) is 0 Å². The third kappa shape index (κ3) is 2.93. The number of thiocarbonyl (C=S) groups is 1. The first kappa shape index (κ1) is 10.4. The van der Waals surface area contributed by atoms with Crippen molar-refractivity contribution in [3.05, 3.63) is 30.3 Å². The molecule has 0 aromatic heterocycles. The number of hydrogen-bond donors (Lipinski definition) is 1. The Kier molecular flexibility index (Phi) is 2.91. The standard InChI is InChI=1S/C12H15NOS/c13-11(15)8-12(6-7-12)9-14-10-4-2-1-3-5-10/h1-5H,6-9H2,(H2,13,15). The molecule has 0 spiro atoms. The van der Waals surface area contributed by atoms with Gasteiger partial charge in [-0.2, -0.15) is 0 Å². The van der Waals surface area contributed by atoms with E-state index in [1.807, 2.05) is 30.3 Å². The molecule has 2 rings (SSSR count). The Morgan fingerprint density at radius 1 is 1.33 bits per heavy atom. The molecule has 15 heavy (non-hydrogen) atoms. The zero-order chi connectivity index (χ0) is 10.7. The molecular weight excluding hydrogens is 206 g/mol. The molecule has 0 unspecified atom stereocenters. The van der Waals surface area contributed by atoms with Crippen molar-refractivity contribution in [2.75, 3.05) is 6.61 Å². The molecular formula is C12H15NOS. The highest BCUT2D eigenvalue weighted by Gasteiger charge is 2.43. The van der Waals surface area contributed by atoms with Gasteiger partial charge in [0, 0.05) is 11.8 Å². The van der Waals surface area contributed by atoms with Crippen molar-refractivity contribution in [3.8, 4) is 5.75 Å². The first-order valence-electron chi connectivity index (χ1n) is 5.16. The van der Waals surface area contributed by atoms with Crippen molar-refractivity contribution in [3.63, 3.8) is 0 Å².